The minimum absolute atomic E-state index is 0.187. The number of aryl methyl sites for hydroxylation is 2. The van der Waals surface area contributed by atoms with Crippen LogP contribution in [0.1, 0.15) is 16.7 Å². The zero-order valence-corrected chi connectivity index (χ0v) is 15.3. The Morgan fingerprint density at radius 3 is 2.36 bits per heavy atom. The van der Waals surface area contributed by atoms with Gasteiger partial charge in [-0.05, 0) is 43.7 Å². The molecule has 1 heterocycles. The van der Waals surface area contributed by atoms with Crippen LogP contribution >= 0.6 is 0 Å². The van der Waals surface area contributed by atoms with E-state index in [1.54, 1.807) is 18.2 Å². The van der Waals surface area contributed by atoms with E-state index in [1.807, 2.05) is 6.07 Å². The van der Waals surface area contributed by atoms with Gasteiger partial charge in [0.2, 0.25) is 10.0 Å². The number of sulfonamides is 1. The Kier molecular flexibility index (Phi) is 4.80. The van der Waals surface area contributed by atoms with E-state index in [9.17, 15) is 8.42 Å². The van der Waals surface area contributed by atoms with Crippen molar-refractivity contribution in [2.24, 2.45) is 0 Å². The lowest BCUT2D eigenvalue weighted by Crippen LogP contribution is -2.48. The van der Waals surface area contributed by atoms with Crippen LogP contribution in [-0.4, -0.2) is 38.9 Å². The van der Waals surface area contributed by atoms with E-state index in [2.05, 4.69) is 36.9 Å². The third kappa shape index (κ3) is 3.53. The van der Waals surface area contributed by atoms with Gasteiger partial charge in [-0.3, -0.25) is 0 Å². The molecule has 1 fully saturated rings. The van der Waals surface area contributed by atoms with E-state index in [1.165, 1.54) is 21.5 Å². The van der Waals surface area contributed by atoms with Gasteiger partial charge in [0, 0.05) is 31.9 Å². The summed E-state index contributed by atoms with van der Waals surface area (Å²) >= 11 is 0. The first-order valence-corrected chi connectivity index (χ1v) is 9.68. The number of piperazine rings is 1. The van der Waals surface area contributed by atoms with Crippen LogP contribution in [0.3, 0.4) is 0 Å². The molecular formula is C19H21N3O2S. The van der Waals surface area contributed by atoms with Crippen molar-refractivity contribution < 1.29 is 8.42 Å². The molecule has 1 aliphatic rings. The molecule has 6 heteroatoms. The Balaban J connectivity index is 1.76. The monoisotopic (exact) mass is 355 g/mol. The molecule has 0 amide bonds. The van der Waals surface area contributed by atoms with E-state index in [0.717, 1.165) is 5.69 Å². The predicted molar refractivity (Wildman–Crippen MR) is 98.0 cm³/mol. The van der Waals surface area contributed by atoms with Crippen LogP contribution in [0.2, 0.25) is 0 Å². The summed E-state index contributed by atoms with van der Waals surface area (Å²) in [4.78, 5) is 2.42. The number of hydrogen-bond donors (Lipinski definition) is 0. The van der Waals surface area contributed by atoms with Crippen molar-refractivity contribution in [3.05, 3.63) is 59.2 Å². The standard InChI is InChI=1S/C19H21N3O2S/c1-15-6-7-19(16(2)12-15)21-8-10-22(11-9-21)25(23,24)18-5-3-4-17(13-18)14-20/h3-7,12-13H,8-11H2,1-2H3. The maximum atomic E-state index is 12.8. The smallest absolute Gasteiger partial charge is 0.243 e. The lowest BCUT2D eigenvalue weighted by atomic mass is 10.1. The molecule has 0 aromatic heterocycles. The minimum Gasteiger partial charge on any atom is -0.369 e. The molecule has 0 saturated carbocycles. The highest BCUT2D eigenvalue weighted by atomic mass is 32.2. The molecule has 2 aromatic rings. The third-order valence-corrected chi connectivity index (χ3v) is 6.43. The Morgan fingerprint density at radius 1 is 1.00 bits per heavy atom. The summed E-state index contributed by atoms with van der Waals surface area (Å²) in [6.45, 7) is 6.33. The number of nitriles is 1. The average molecular weight is 355 g/mol. The fourth-order valence-corrected chi connectivity index (χ4v) is 4.67. The van der Waals surface area contributed by atoms with E-state index < -0.39 is 10.0 Å². The third-order valence-electron chi connectivity index (χ3n) is 4.53. The molecule has 0 unspecified atom stereocenters. The Hall–Kier alpha value is -2.36. The summed E-state index contributed by atoms with van der Waals surface area (Å²) in [6.07, 6.45) is 0. The lowest BCUT2D eigenvalue weighted by molar-refractivity contribution is 0.384. The second-order valence-electron chi connectivity index (χ2n) is 6.32. The predicted octanol–water partition coefficient (Wildman–Crippen LogP) is 2.69. The molecule has 0 spiro atoms. The molecule has 0 N–H and O–H groups in total. The molecule has 3 rings (SSSR count). The Labute approximate surface area is 149 Å². The van der Waals surface area contributed by atoms with Crippen molar-refractivity contribution in [3.63, 3.8) is 0 Å². The van der Waals surface area contributed by atoms with Crippen molar-refractivity contribution in [1.29, 1.82) is 5.26 Å². The summed E-state index contributed by atoms with van der Waals surface area (Å²) in [5.41, 5.74) is 3.95. The van der Waals surface area contributed by atoms with Gasteiger partial charge < -0.3 is 4.90 Å². The molecular weight excluding hydrogens is 334 g/mol. The Morgan fingerprint density at radius 2 is 1.72 bits per heavy atom. The molecule has 0 bridgehead atoms. The molecule has 25 heavy (non-hydrogen) atoms. The zero-order valence-electron chi connectivity index (χ0n) is 14.4. The topological polar surface area (TPSA) is 64.4 Å². The van der Waals surface area contributed by atoms with Gasteiger partial charge >= 0.3 is 0 Å². The lowest BCUT2D eigenvalue weighted by Gasteiger charge is -2.36. The van der Waals surface area contributed by atoms with Crippen molar-refractivity contribution in [2.75, 3.05) is 31.1 Å². The van der Waals surface area contributed by atoms with Crippen molar-refractivity contribution >= 4 is 15.7 Å². The summed E-state index contributed by atoms with van der Waals surface area (Å²) < 4.78 is 27.1. The van der Waals surface area contributed by atoms with Crippen molar-refractivity contribution in [3.8, 4) is 6.07 Å². The second-order valence-corrected chi connectivity index (χ2v) is 8.26. The van der Waals surface area contributed by atoms with Crippen molar-refractivity contribution in [2.45, 2.75) is 18.7 Å². The maximum Gasteiger partial charge on any atom is 0.243 e. The Bertz CT molecular complexity index is 924. The van der Waals surface area contributed by atoms with Gasteiger partial charge in [-0.15, -0.1) is 0 Å². The number of nitrogens with zero attached hydrogens (tertiary/aromatic N) is 3. The molecule has 0 atom stereocenters. The van der Waals surface area contributed by atoms with E-state index in [-0.39, 0.29) is 4.90 Å². The van der Waals surface area contributed by atoms with Crippen LogP contribution in [0, 0.1) is 25.2 Å². The number of anilines is 1. The SMILES string of the molecule is Cc1ccc(N2CCN(S(=O)(=O)c3cccc(C#N)c3)CC2)c(C)c1. The van der Waals surface area contributed by atoms with E-state index >= 15 is 0 Å². The van der Waals surface area contributed by atoms with Gasteiger partial charge in [-0.1, -0.05) is 23.8 Å². The first-order chi connectivity index (χ1) is 11.9. The van der Waals surface area contributed by atoms with Gasteiger partial charge in [-0.25, -0.2) is 8.42 Å². The van der Waals surface area contributed by atoms with Crippen LogP contribution in [-0.2, 0) is 10.0 Å². The normalized spacial score (nSPS) is 15.8. The van der Waals surface area contributed by atoms with Gasteiger partial charge in [0.1, 0.15) is 0 Å². The molecule has 1 aliphatic heterocycles. The largest absolute Gasteiger partial charge is 0.369 e. The second kappa shape index (κ2) is 6.87. The van der Waals surface area contributed by atoms with Gasteiger partial charge in [0.15, 0.2) is 0 Å². The minimum atomic E-state index is -3.56. The first kappa shape index (κ1) is 17.5. The molecule has 5 nitrogen and oxygen atoms in total. The quantitative estimate of drug-likeness (QED) is 0.849. The van der Waals surface area contributed by atoms with Crippen LogP contribution in [0.5, 0.6) is 0 Å². The van der Waals surface area contributed by atoms with Crippen molar-refractivity contribution in [1.82, 2.24) is 4.31 Å². The molecule has 2 aromatic carbocycles. The number of benzene rings is 2. The highest BCUT2D eigenvalue weighted by Crippen LogP contribution is 2.24. The molecule has 1 saturated heterocycles. The highest BCUT2D eigenvalue weighted by molar-refractivity contribution is 7.89. The fourth-order valence-electron chi connectivity index (χ4n) is 3.20. The van der Waals surface area contributed by atoms with Gasteiger partial charge in [0.25, 0.3) is 0 Å². The van der Waals surface area contributed by atoms with Crippen LogP contribution < -0.4 is 4.90 Å². The van der Waals surface area contributed by atoms with Gasteiger partial charge in [-0.2, -0.15) is 9.57 Å². The van der Waals surface area contributed by atoms with Crippen LogP contribution in [0.25, 0.3) is 0 Å². The molecule has 0 aliphatic carbocycles. The first-order valence-electron chi connectivity index (χ1n) is 8.24. The number of hydrogen-bond acceptors (Lipinski definition) is 4. The fraction of sp³-hybridized carbons (Fsp3) is 0.316. The van der Waals surface area contributed by atoms with E-state index in [0.29, 0.717) is 31.7 Å². The van der Waals surface area contributed by atoms with Gasteiger partial charge in [0.05, 0.1) is 16.5 Å². The molecule has 130 valence electrons. The summed E-state index contributed by atoms with van der Waals surface area (Å²) in [7, 11) is -3.56. The van der Waals surface area contributed by atoms with E-state index in [4.69, 9.17) is 5.26 Å². The zero-order chi connectivity index (χ0) is 18.0. The van der Waals surface area contributed by atoms with Crippen LogP contribution in [0.15, 0.2) is 47.4 Å². The highest BCUT2D eigenvalue weighted by Gasteiger charge is 2.29. The molecule has 0 radical (unpaired) electrons. The maximum absolute atomic E-state index is 12.8. The number of rotatable bonds is 3. The summed E-state index contributed by atoms with van der Waals surface area (Å²) in [5.74, 6) is 0. The van der Waals surface area contributed by atoms with Crippen LogP contribution in [0.4, 0.5) is 5.69 Å². The summed E-state index contributed by atoms with van der Waals surface area (Å²) in [5, 5.41) is 8.98. The summed E-state index contributed by atoms with van der Waals surface area (Å²) in [6, 6.07) is 14.5. The average Bonchev–Trinajstić information content (AvgIpc) is 2.62.